The Balaban J connectivity index is 1.92. The number of aromatic nitrogens is 1. The zero-order valence-corrected chi connectivity index (χ0v) is 10.9. The largest absolute Gasteiger partial charge is 0.409 e. The van der Waals surface area contributed by atoms with E-state index in [0.29, 0.717) is 10.9 Å². The molecular weight excluding hydrogens is 250 g/mol. The van der Waals surface area contributed by atoms with Crippen LogP contribution in [-0.2, 0) is 10.5 Å². The van der Waals surface area contributed by atoms with E-state index in [1.165, 1.54) is 0 Å². The molecule has 0 bridgehead atoms. The van der Waals surface area contributed by atoms with Gasteiger partial charge in [0, 0.05) is 30.4 Å². The molecule has 1 saturated heterocycles. The first-order chi connectivity index (χ1) is 8.79. The van der Waals surface area contributed by atoms with Gasteiger partial charge in [0.25, 0.3) is 0 Å². The van der Waals surface area contributed by atoms with Crippen LogP contribution in [0, 0.1) is 0 Å². The lowest BCUT2D eigenvalue weighted by atomic mass is 10.2. The summed E-state index contributed by atoms with van der Waals surface area (Å²) in [5.41, 5.74) is 7.17. The fraction of sp³-hybridized carbons (Fsp3) is 0.500. The van der Waals surface area contributed by atoms with Crippen molar-refractivity contribution in [2.24, 2.45) is 10.9 Å². The van der Waals surface area contributed by atoms with Gasteiger partial charge >= 0.3 is 0 Å². The van der Waals surface area contributed by atoms with Gasteiger partial charge in [-0.15, -0.1) is 0 Å². The van der Waals surface area contributed by atoms with Crippen molar-refractivity contribution in [2.75, 3.05) is 13.2 Å². The molecule has 2 rings (SSSR count). The molecule has 0 saturated carbocycles. The van der Waals surface area contributed by atoms with Gasteiger partial charge in [-0.05, 0) is 30.5 Å². The summed E-state index contributed by atoms with van der Waals surface area (Å²) >= 11 is 1.93. The van der Waals surface area contributed by atoms with Crippen molar-refractivity contribution >= 4 is 17.6 Å². The summed E-state index contributed by atoms with van der Waals surface area (Å²) in [7, 11) is 0. The Morgan fingerprint density at radius 2 is 2.33 bits per heavy atom. The molecule has 0 atom stereocenters. The summed E-state index contributed by atoms with van der Waals surface area (Å²) in [6.07, 6.45) is 3.92. The lowest BCUT2D eigenvalue weighted by Crippen LogP contribution is -2.18. The smallest absolute Gasteiger partial charge is 0.188 e. The van der Waals surface area contributed by atoms with Gasteiger partial charge in [0.05, 0.1) is 0 Å². The van der Waals surface area contributed by atoms with E-state index < -0.39 is 0 Å². The van der Waals surface area contributed by atoms with Gasteiger partial charge < -0.3 is 15.7 Å². The quantitative estimate of drug-likeness (QED) is 0.375. The van der Waals surface area contributed by atoms with Crippen molar-refractivity contribution in [3.8, 4) is 0 Å². The fourth-order valence-electron chi connectivity index (χ4n) is 1.81. The third kappa shape index (κ3) is 3.61. The molecule has 0 spiro atoms. The number of nitrogens with zero attached hydrogens (tertiary/aromatic N) is 2. The van der Waals surface area contributed by atoms with Gasteiger partial charge in [-0.25, -0.2) is 0 Å². The molecule has 0 unspecified atom stereocenters. The van der Waals surface area contributed by atoms with E-state index in [9.17, 15) is 0 Å². The van der Waals surface area contributed by atoms with E-state index in [0.717, 1.165) is 37.4 Å². The second-order valence-electron chi connectivity index (χ2n) is 4.16. The van der Waals surface area contributed by atoms with Gasteiger partial charge in [-0.3, -0.25) is 4.98 Å². The monoisotopic (exact) mass is 267 g/mol. The Morgan fingerprint density at radius 3 is 3.06 bits per heavy atom. The number of oxime groups is 1. The first-order valence-corrected chi connectivity index (χ1v) is 6.96. The molecule has 0 radical (unpaired) electrons. The minimum Gasteiger partial charge on any atom is -0.409 e. The topological polar surface area (TPSA) is 80.7 Å². The van der Waals surface area contributed by atoms with E-state index in [-0.39, 0.29) is 5.84 Å². The van der Waals surface area contributed by atoms with Crippen LogP contribution in [-0.4, -0.2) is 34.5 Å². The molecule has 1 aromatic heterocycles. The van der Waals surface area contributed by atoms with Crippen LogP contribution >= 0.6 is 11.8 Å². The van der Waals surface area contributed by atoms with Gasteiger partial charge in [0.1, 0.15) is 5.69 Å². The molecule has 1 fully saturated rings. The van der Waals surface area contributed by atoms with Gasteiger partial charge in [0.2, 0.25) is 0 Å². The van der Waals surface area contributed by atoms with Gasteiger partial charge in [-0.1, -0.05) is 5.16 Å². The molecule has 1 aromatic rings. The molecule has 18 heavy (non-hydrogen) atoms. The molecule has 1 aliphatic heterocycles. The molecule has 5 nitrogen and oxygen atoms in total. The number of thioether (sulfide) groups is 1. The summed E-state index contributed by atoms with van der Waals surface area (Å²) in [6.45, 7) is 1.73. The van der Waals surface area contributed by atoms with Gasteiger partial charge in [-0.2, -0.15) is 11.8 Å². The Morgan fingerprint density at radius 1 is 1.56 bits per heavy atom. The molecule has 6 heteroatoms. The highest BCUT2D eigenvalue weighted by atomic mass is 32.2. The standard InChI is InChI=1S/C12H17N3O2S/c13-12(15-16)11-7-9(1-4-14-11)8-18-10-2-5-17-6-3-10/h1,4,7,10,16H,2-3,5-6,8H2,(H2,13,15). The zero-order chi connectivity index (χ0) is 12.8. The predicted molar refractivity (Wildman–Crippen MR) is 71.9 cm³/mol. The average Bonchev–Trinajstić information content (AvgIpc) is 2.45. The Hall–Kier alpha value is -1.27. The van der Waals surface area contributed by atoms with Crippen LogP contribution in [0.5, 0.6) is 0 Å². The second-order valence-corrected chi connectivity index (χ2v) is 5.45. The summed E-state index contributed by atoms with van der Waals surface area (Å²) in [6, 6.07) is 3.82. The maximum absolute atomic E-state index is 8.62. The summed E-state index contributed by atoms with van der Waals surface area (Å²) in [4.78, 5) is 4.06. The van der Waals surface area contributed by atoms with E-state index >= 15 is 0 Å². The maximum Gasteiger partial charge on any atom is 0.188 e. The van der Waals surface area contributed by atoms with Crippen LogP contribution in [0.25, 0.3) is 0 Å². The summed E-state index contributed by atoms with van der Waals surface area (Å²) in [5.74, 6) is 0.965. The van der Waals surface area contributed by atoms with Crippen molar-refractivity contribution < 1.29 is 9.94 Å². The van der Waals surface area contributed by atoms with E-state index in [4.69, 9.17) is 15.7 Å². The van der Waals surface area contributed by atoms with Crippen LogP contribution in [0.2, 0.25) is 0 Å². The lowest BCUT2D eigenvalue weighted by Gasteiger charge is -2.21. The van der Waals surface area contributed by atoms with Crippen molar-refractivity contribution in [1.82, 2.24) is 4.98 Å². The minimum absolute atomic E-state index is 0.0490. The van der Waals surface area contributed by atoms with Crippen molar-refractivity contribution in [3.63, 3.8) is 0 Å². The van der Waals surface area contributed by atoms with Crippen molar-refractivity contribution in [2.45, 2.75) is 23.8 Å². The first-order valence-electron chi connectivity index (χ1n) is 5.92. The molecule has 2 heterocycles. The molecule has 1 aliphatic rings. The fourth-order valence-corrected chi connectivity index (χ4v) is 2.95. The highest BCUT2D eigenvalue weighted by Crippen LogP contribution is 2.25. The molecule has 0 amide bonds. The lowest BCUT2D eigenvalue weighted by molar-refractivity contribution is 0.1000. The van der Waals surface area contributed by atoms with Crippen molar-refractivity contribution in [1.29, 1.82) is 0 Å². The highest BCUT2D eigenvalue weighted by Gasteiger charge is 2.14. The minimum atomic E-state index is 0.0490. The number of hydrogen-bond donors (Lipinski definition) is 2. The van der Waals surface area contributed by atoms with Crippen molar-refractivity contribution in [3.05, 3.63) is 29.6 Å². The average molecular weight is 267 g/mol. The normalized spacial score (nSPS) is 17.9. The molecule has 3 N–H and O–H groups in total. The summed E-state index contributed by atoms with van der Waals surface area (Å²) < 4.78 is 5.33. The van der Waals surface area contributed by atoms with Gasteiger partial charge in [0.15, 0.2) is 5.84 Å². The predicted octanol–water partition coefficient (Wildman–Crippen LogP) is 1.59. The molecular formula is C12H17N3O2S. The number of hydrogen-bond acceptors (Lipinski definition) is 5. The molecule has 98 valence electrons. The SMILES string of the molecule is NC(=NO)c1cc(CSC2CCOCC2)ccn1. The van der Waals surface area contributed by atoms with Crippen LogP contribution in [0.1, 0.15) is 24.1 Å². The molecule has 0 aromatic carbocycles. The zero-order valence-electron chi connectivity index (χ0n) is 10.1. The number of amidine groups is 1. The van der Waals surface area contributed by atoms with Crippen LogP contribution in [0.4, 0.5) is 0 Å². The van der Waals surface area contributed by atoms with Crippen LogP contribution in [0.3, 0.4) is 0 Å². The highest BCUT2D eigenvalue weighted by molar-refractivity contribution is 7.99. The third-order valence-electron chi connectivity index (χ3n) is 2.85. The van der Waals surface area contributed by atoms with Crippen LogP contribution in [0.15, 0.2) is 23.5 Å². The van der Waals surface area contributed by atoms with E-state index in [1.807, 2.05) is 23.9 Å². The third-order valence-corrected chi connectivity index (χ3v) is 4.29. The summed E-state index contributed by atoms with van der Waals surface area (Å²) in [5, 5.41) is 12.2. The van der Waals surface area contributed by atoms with Crippen LogP contribution < -0.4 is 5.73 Å². The Kier molecular flexibility index (Phi) is 4.83. The van der Waals surface area contributed by atoms with E-state index in [2.05, 4.69) is 10.1 Å². The second kappa shape index (κ2) is 6.61. The number of rotatable bonds is 4. The molecule has 0 aliphatic carbocycles. The number of ether oxygens (including phenoxy) is 1. The Labute approximate surface area is 110 Å². The first kappa shape index (κ1) is 13.2. The Bertz CT molecular complexity index is 420. The number of pyridine rings is 1. The number of nitrogens with two attached hydrogens (primary N) is 1. The van der Waals surface area contributed by atoms with E-state index in [1.54, 1.807) is 6.20 Å². The maximum atomic E-state index is 8.62.